The lowest BCUT2D eigenvalue weighted by Gasteiger charge is -2.21. The highest BCUT2D eigenvalue weighted by atomic mass is 79.9. The fourth-order valence-electron chi connectivity index (χ4n) is 2.95. The fourth-order valence-corrected chi connectivity index (χ4v) is 3.32. The zero-order chi connectivity index (χ0) is 14.0. The molecule has 1 amide bonds. The summed E-state index contributed by atoms with van der Waals surface area (Å²) in [6, 6.07) is 4.95. The zero-order valence-electron chi connectivity index (χ0n) is 11.2. The molecule has 104 valence electrons. The van der Waals surface area contributed by atoms with Gasteiger partial charge in [0.1, 0.15) is 5.82 Å². The minimum absolute atomic E-state index is 0.113. The van der Waals surface area contributed by atoms with E-state index in [-0.39, 0.29) is 17.5 Å². The van der Waals surface area contributed by atoms with Crippen LogP contribution in [0.1, 0.15) is 43.5 Å². The maximum atomic E-state index is 13.9. The largest absolute Gasteiger partial charge is 0.349 e. The van der Waals surface area contributed by atoms with E-state index in [1.807, 2.05) is 0 Å². The molecule has 0 radical (unpaired) electrons. The normalized spacial score (nSPS) is 26.4. The number of benzene rings is 1. The summed E-state index contributed by atoms with van der Waals surface area (Å²) in [4.78, 5) is 12.1. The van der Waals surface area contributed by atoms with Crippen LogP contribution in [0.15, 0.2) is 22.7 Å². The summed E-state index contributed by atoms with van der Waals surface area (Å²) in [5.41, 5.74) is 0.113. The van der Waals surface area contributed by atoms with Crippen molar-refractivity contribution in [2.75, 3.05) is 0 Å². The summed E-state index contributed by atoms with van der Waals surface area (Å²) < 4.78 is 14.2. The van der Waals surface area contributed by atoms with Gasteiger partial charge in [-0.2, -0.15) is 0 Å². The molecule has 0 aromatic heterocycles. The first kappa shape index (κ1) is 14.5. The lowest BCUT2D eigenvalue weighted by molar-refractivity contribution is 0.0922. The minimum Gasteiger partial charge on any atom is -0.349 e. The Morgan fingerprint density at radius 3 is 2.84 bits per heavy atom. The zero-order valence-corrected chi connectivity index (χ0v) is 12.8. The number of carbonyl (C=O) groups excluding carboxylic acids is 1. The molecular formula is C15H19BrFNO. The van der Waals surface area contributed by atoms with Gasteiger partial charge in [0, 0.05) is 6.04 Å². The van der Waals surface area contributed by atoms with E-state index in [4.69, 9.17) is 0 Å². The first-order valence-corrected chi connectivity index (χ1v) is 7.58. The summed E-state index contributed by atoms with van der Waals surface area (Å²) in [6.07, 6.45) is 3.27. The number of carbonyl (C=O) groups is 1. The third kappa shape index (κ3) is 2.99. The van der Waals surface area contributed by atoms with E-state index in [0.29, 0.717) is 16.3 Å². The predicted octanol–water partition coefficient (Wildman–Crippen LogP) is 4.14. The number of hydrogen-bond donors (Lipinski definition) is 1. The van der Waals surface area contributed by atoms with Gasteiger partial charge in [-0.15, -0.1) is 0 Å². The molecule has 19 heavy (non-hydrogen) atoms. The number of hydrogen-bond acceptors (Lipinski definition) is 1. The molecule has 1 aromatic rings. The Bertz CT molecular complexity index is 477. The van der Waals surface area contributed by atoms with Crippen molar-refractivity contribution >= 4 is 21.8 Å². The average molecular weight is 328 g/mol. The van der Waals surface area contributed by atoms with Crippen molar-refractivity contribution in [2.45, 2.75) is 39.2 Å². The Morgan fingerprint density at radius 1 is 1.47 bits per heavy atom. The molecule has 1 aromatic carbocycles. The molecule has 2 rings (SSSR count). The van der Waals surface area contributed by atoms with Gasteiger partial charge in [0.15, 0.2) is 0 Å². The lowest BCUT2D eigenvalue weighted by Crippen LogP contribution is -2.37. The summed E-state index contributed by atoms with van der Waals surface area (Å²) in [5, 5.41) is 2.98. The molecule has 3 atom stereocenters. The molecule has 0 heterocycles. The van der Waals surface area contributed by atoms with Gasteiger partial charge in [-0.3, -0.25) is 4.79 Å². The monoisotopic (exact) mass is 327 g/mol. The second kappa shape index (κ2) is 6.04. The van der Waals surface area contributed by atoms with Crippen LogP contribution in [0, 0.1) is 17.7 Å². The first-order valence-electron chi connectivity index (χ1n) is 6.79. The third-order valence-corrected chi connectivity index (χ3v) is 4.88. The highest BCUT2D eigenvalue weighted by Crippen LogP contribution is 2.34. The molecule has 2 nitrogen and oxygen atoms in total. The second-order valence-corrected chi connectivity index (χ2v) is 6.14. The van der Waals surface area contributed by atoms with E-state index in [1.165, 1.54) is 6.07 Å². The maximum absolute atomic E-state index is 13.9. The van der Waals surface area contributed by atoms with Crippen molar-refractivity contribution < 1.29 is 9.18 Å². The number of rotatable bonds is 3. The standard InChI is InChI=1S/C15H19BrFNO/c1-3-10-7-8-13(9(10)2)18-15(19)11-5-4-6-12(16)14(11)17/h4-6,9-10,13H,3,7-8H2,1-2H3,(H,18,19). The van der Waals surface area contributed by atoms with Crippen molar-refractivity contribution in [1.29, 1.82) is 0 Å². The average Bonchev–Trinajstić information content (AvgIpc) is 2.73. The molecule has 4 heteroatoms. The van der Waals surface area contributed by atoms with Crippen molar-refractivity contribution in [1.82, 2.24) is 5.32 Å². The van der Waals surface area contributed by atoms with Gasteiger partial charge in [0.2, 0.25) is 0 Å². The lowest BCUT2D eigenvalue weighted by atomic mass is 9.93. The van der Waals surface area contributed by atoms with Gasteiger partial charge in [0.05, 0.1) is 10.0 Å². The number of amides is 1. The second-order valence-electron chi connectivity index (χ2n) is 5.29. The van der Waals surface area contributed by atoms with Crippen molar-refractivity contribution in [3.8, 4) is 0 Å². The van der Waals surface area contributed by atoms with Crippen LogP contribution in [-0.4, -0.2) is 11.9 Å². The molecule has 0 spiro atoms. The van der Waals surface area contributed by atoms with Crippen LogP contribution in [-0.2, 0) is 0 Å². The van der Waals surface area contributed by atoms with Gasteiger partial charge in [0.25, 0.3) is 5.91 Å². The van der Waals surface area contributed by atoms with Crippen LogP contribution in [0.5, 0.6) is 0 Å². The van der Waals surface area contributed by atoms with Gasteiger partial charge >= 0.3 is 0 Å². The van der Waals surface area contributed by atoms with Crippen molar-refractivity contribution in [2.24, 2.45) is 11.8 Å². The highest BCUT2D eigenvalue weighted by Gasteiger charge is 2.32. The Morgan fingerprint density at radius 2 is 2.21 bits per heavy atom. The molecular weight excluding hydrogens is 309 g/mol. The minimum atomic E-state index is -0.488. The SMILES string of the molecule is CCC1CCC(NC(=O)c2cccc(Br)c2F)C1C. The first-order chi connectivity index (χ1) is 9.04. The molecule has 0 saturated heterocycles. The molecule has 1 saturated carbocycles. The summed E-state index contributed by atoms with van der Waals surface area (Å²) in [6.45, 7) is 4.35. The summed E-state index contributed by atoms with van der Waals surface area (Å²) in [5.74, 6) is 0.326. The van der Waals surface area contributed by atoms with E-state index >= 15 is 0 Å². The molecule has 3 unspecified atom stereocenters. The van der Waals surface area contributed by atoms with Crippen LogP contribution in [0.4, 0.5) is 4.39 Å². The smallest absolute Gasteiger partial charge is 0.254 e. The highest BCUT2D eigenvalue weighted by molar-refractivity contribution is 9.10. The number of halogens is 2. The van der Waals surface area contributed by atoms with E-state index in [9.17, 15) is 9.18 Å². The number of nitrogens with one attached hydrogen (secondary N) is 1. The van der Waals surface area contributed by atoms with Gasteiger partial charge in [-0.05, 0) is 52.7 Å². The Labute approximate surface area is 121 Å². The van der Waals surface area contributed by atoms with E-state index < -0.39 is 5.82 Å². The molecule has 0 aliphatic heterocycles. The van der Waals surface area contributed by atoms with Crippen LogP contribution in [0.3, 0.4) is 0 Å². The summed E-state index contributed by atoms with van der Waals surface area (Å²) >= 11 is 3.10. The summed E-state index contributed by atoms with van der Waals surface area (Å²) in [7, 11) is 0. The molecule has 1 N–H and O–H groups in total. The van der Waals surface area contributed by atoms with E-state index in [2.05, 4.69) is 35.1 Å². The van der Waals surface area contributed by atoms with Crippen LogP contribution >= 0.6 is 15.9 Å². The molecule has 1 aliphatic carbocycles. The van der Waals surface area contributed by atoms with Gasteiger partial charge in [-0.1, -0.05) is 26.3 Å². The van der Waals surface area contributed by atoms with Crippen LogP contribution in [0.2, 0.25) is 0 Å². The van der Waals surface area contributed by atoms with Crippen LogP contribution in [0.25, 0.3) is 0 Å². The van der Waals surface area contributed by atoms with Gasteiger partial charge in [-0.25, -0.2) is 4.39 Å². The van der Waals surface area contributed by atoms with Crippen molar-refractivity contribution in [3.63, 3.8) is 0 Å². The van der Waals surface area contributed by atoms with E-state index in [0.717, 1.165) is 19.3 Å². The van der Waals surface area contributed by atoms with Gasteiger partial charge < -0.3 is 5.32 Å². The van der Waals surface area contributed by atoms with Crippen molar-refractivity contribution in [3.05, 3.63) is 34.1 Å². The molecule has 1 fully saturated rings. The Balaban J connectivity index is 2.08. The molecule has 1 aliphatic rings. The third-order valence-electron chi connectivity index (χ3n) is 4.26. The van der Waals surface area contributed by atoms with E-state index in [1.54, 1.807) is 12.1 Å². The predicted molar refractivity (Wildman–Crippen MR) is 77.5 cm³/mol. The quantitative estimate of drug-likeness (QED) is 0.888. The molecule has 0 bridgehead atoms. The topological polar surface area (TPSA) is 29.1 Å². The van der Waals surface area contributed by atoms with Crippen LogP contribution < -0.4 is 5.32 Å². The Kier molecular flexibility index (Phi) is 4.61. The fraction of sp³-hybridized carbons (Fsp3) is 0.533. The Hall–Kier alpha value is -0.900. The maximum Gasteiger partial charge on any atom is 0.254 e.